The van der Waals surface area contributed by atoms with Gasteiger partial charge in [0.05, 0.1) is 37.6 Å². The standard InChI is InChI=1S/C23H23N3O5S/c1-15-9-10-26-14-19(24-23(26)11-15)16-5-7-20(29-2)18(12-16)25-32(27,28)17-6-8-21(30-3)22(13-17)31-4/h5-14,25H,1-4H3. The van der Waals surface area contributed by atoms with Crippen molar-refractivity contribution < 1.29 is 22.6 Å². The van der Waals surface area contributed by atoms with Crippen LogP contribution in [-0.4, -0.2) is 39.1 Å². The van der Waals surface area contributed by atoms with Crippen molar-refractivity contribution in [3.63, 3.8) is 0 Å². The van der Waals surface area contributed by atoms with Crippen molar-refractivity contribution in [3.8, 4) is 28.5 Å². The van der Waals surface area contributed by atoms with E-state index in [2.05, 4.69) is 9.71 Å². The lowest BCUT2D eigenvalue weighted by Gasteiger charge is -2.14. The molecule has 2 heterocycles. The Hall–Kier alpha value is -3.72. The average molecular weight is 454 g/mol. The van der Waals surface area contributed by atoms with Crippen LogP contribution in [0, 0.1) is 6.92 Å². The quantitative estimate of drug-likeness (QED) is 0.452. The number of methoxy groups -OCH3 is 3. The molecule has 0 bridgehead atoms. The van der Waals surface area contributed by atoms with E-state index >= 15 is 0 Å². The molecule has 0 atom stereocenters. The number of nitrogens with zero attached hydrogens (tertiary/aromatic N) is 2. The molecular formula is C23H23N3O5S. The summed E-state index contributed by atoms with van der Waals surface area (Å²) in [5.41, 5.74) is 3.67. The van der Waals surface area contributed by atoms with Crippen LogP contribution in [0.25, 0.3) is 16.9 Å². The van der Waals surface area contributed by atoms with E-state index < -0.39 is 10.0 Å². The van der Waals surface area contributed by atoms with Crippen molar-refractivity contribution in [1.82, 2.24) is 9.38 Å². The number of aryl methyl sites for hydroxylation is 1. The molecule has 0 aliphatic carbocycles. The lowest BCUT2D eigenvalue weighted by atomic mass is 10.1. The van der Waals surface area contributed by atoms with Crippen LogP contribution in [0.2, 0.25) is 0 Å². The van der Waals surface area contributed by atoms with Gasteiger partial charge >= 0.3 is 0 Å². The van der Waals surface area contributed by atoms with Crippen molar-refractivity contribution in [3.05, 3.63) is 66.5 Å². The first kappa shape index (κ1) is 21.5. The second-order valence-corrected chi connectivity index (χ2v) is 8.82. The van der Waals surface area contributed by atoms with Crippen molar-refractivity contribution in [2.45, 2.75) is 11.8 Å². The molecule has 0 saturated heterocycles. The maximum absolute atomic E-state index is 13.1. The number of rotatable bonds is 7. The largest absolute Gasteiger partial charge is 0.495 e. The molecule has 2 aromatic carbocycles. The molecule has 0 fully saturated rings. The van der Waals surface area contributed by atoms with Crippen molar-refractivity contribution in [2.24, 2.45) is 0 Å². The van der Waals surface area contributed by atoms with Gasteiger partial charge < -0.3 is 18.6 Å². The summed E-state index contributed by atoms with van der Waals surface area (Å²) in [4.78, 5) is 4.68. The van der Waals surface area contributed by atoms with Crippen LogP contribution in [0.1, 0.15) is 5.56 Å². The molecule has 0 saturated carbocycles. The summed E-state index contributed by atoms with van der Waals surface area (Å²) >= 11 is 0. The van der Waals surface area contributed by atoms with Gasteiger partial charge in [0.15, 0.2) is 11.5 Å². The fourth-order valence-electron chi connectivity index (χ4n) is 3.36. The first-order valence-electron chi connectivity index (χ1n) is 9.73. The number of pyridine rings is 1. The van der Waals surface area contributed by atoms with E-state index in [4.69, 9.17) is 14.2 Å². The van der Waals surface area contributed by atoms with Crippen LogP contribution in [0.15, 0.2) is 65.8 Å². The van der Waals surface area contributed by atoms with Gasteiger partial charge in [0.1, 0.15) is 11.4 Å². The number of hydrogen-bond acceptors (Lipinski definition) is 6. The number of imidazole rings is 1. The third-order valence-electron chi connectivity index (χ3n) is 5.02. The van der Waals surface area contributed by atoms with Gasteiger partial charge in [-0.3, -0.25) is 4.72 Å². The van der Waals surface area contributed by atoms with Crippen molar-refractivity contribution in [2.75, 3.05) is 26.1 Å². The lowest BCUT2D eigenvalue weighted by molar-refractivity contribution is 0.354. The second-order valence-electron chi connectivity index (χ2n) is 7.13. The van der Waals surface area contributed by atoms with E-state index in [1.54, 1.807) is 18.2 Å². The van der Waals surface area contributed by atoms with Crippen molar-refractivity contribution >= 4 is 21.4 Å². The number of nitrogens with one attached hydrogen (secondary N) is 1. The van der Waals surface area contributed by atoms with E-state index in [9.17, 15) is 8.42 Å². The Morgan fingerprint density at radius 2 is 1.59 bits per heavy atom. The number of hydrogen-bond donors (Lipinski definition) is 1. The number of benzene rings is 2. The Morgan fingerprint density at radius 3 is 2.31 bits per heavy atom. The Kier molecular flexibility index (Phi) is 5.67. The fraction of sp³-hybridized carbons (Fsp3) is 0.174. The number of ether oxygens (including phenoxy) is 3. The van der Waals surface area contributed by atoms with Gasteiger partial charge in [-0.2, -0.15) is 0 Å². The third kappa shape index (κ3) is 4.06. The predicted molar refractivity (Wildman–Crippen MR) is 122 cm³/mol. The molecule has 1 N–H and O–H groups in total. The Labute approximate surface area is 186 Å². The first-order chi connectivity index (χ1) is 15.3. The summed E-state index contributed by atoms with van der Waals surface area (Å²) < 4.78 is 46.5. The molecular weight excluding hydrogens is 430 g/mol. The van der Waals surface area contributed by atoms with Crippen LogP contribution < -0.4 is 18.9 Å². The monoisotopic (exact) mass is 453 g/mol. The Balaban J connectivity index is 1.72. The normalized spacial score (nSPS) is 11.4. The van der Waals surface area contributed by atoms with Crippen LogP contribution >= 0.6 is 0 Å². The molecule has 8 nitrogen and oxygen atoms in total. The topological polar surface area (TPSA) is 91.2 Å². The molecule has 0 aliphatic heterocycles. The first-order valence-corrected chi connectivity index (χ1v) is 11.2. The highest BCUT2D eigenvalue weighted by Crippen LogP contribution is 2.34. The van der Waals surface area contributed by atoms with Crippen LogP contribution in [0.5, 0.6) is 17.2 Å². The van der Waals surface area contributed by atoms with Crippen LogP contribution in [0.4, 0.5) is 5.69 Å². The van der Waals surface area contributed by atoms with E-state index in [0.717, 1.165) is 16.8 Å². The Morgan fingerprint density at radius 1 is 0.875 bits per heavy atom. The van der Waals surface area contributed by atoms with Crippen molar-refractivity contribution in [1.29, 1.82) is 0 Å². The molecule has 9 heteroatoms. The SMILES string of the molecule is COc1ccc(-c2cn3ccc(C)cc3n2)cc1NS(=O)(=O)c1ccc(OC)c(OC)c1. The fourth-order valence-corrected chi connectivity index (χ4v) is 4.43. The number of anilines is 1. The molecule has 0 spiro atoms. The average Bonchev–Trinajstić information content (AvgIpc) is 3.21. The molecule has 32 heavy (non-hydrogen) atoms. The molecule has 0 unspecified atom stereocenters. The zero-order chi connectivity index (χ0) is 22.9. The summed E-state index contributed by atoms with van der Waals surface area (Å²) in [6, 6.07) is 13.6. The summed E-state index contributed by atoms with van der Waals surface area (Å²) in [6.07, 6.45) is 3.83. The highest BCUT2D eigenvalue weighted by molar-refractivity contribution is 7.92. The zero-order valence-corrected chi connectivity index (χ0v) is 18.9. The highest BCUT2D eigenvalue weighted by Gasteiger charge is 2.20. The molecule has 2 aromatic heterocycles. The minimum atomic E-state index is -3.92. The minimum Gasteiger partial charge on any atom is -0.495 e. The van der Waals surface area contributed by atoms with Gasteiger partial charge in [0.2, 0.25) is 0 Å². The lowest BCUT2D eigenvalue weighted by Crippen LogP contribution is -2.14. The third-order valence-corrected chi connectivity index (χ3v) is 6.38. The van der Waals surface area contributed by atoms with E-state index in [-0.39, 0.29) is 4.90 Å². The van der Waals surface area contributed by atoms with Gasteiger partial charge in [-0.15, -0.1) is 0 Å². The molecule has 4 aromatic rings. The predicted octanol–water partition coefficient (Wildman–Crippen LogP) is 4.14. The molecule has 0 aliphatic rings. The van der Waals surface area contributed by atoms with Gasteiger partial charge in [-0.05, 0) is 55.0 Å². The van der Waals surface area contributed by atoms with Gasteiger partial charge in [0, 0.05) is 24.0 Å². The highest BCUT2D eigenvalue weighted by atomic mass is 32.2. The number of aromatic nitrogens is 2. The maximum Gasteiger partial charge on any atom is 0.262 e. The maximum atomic E-state index is 13.1. The summed E-state index contributed by atoms with van der Waals surface area (Å²) in [5, 5.41) is 0. The molecule has 4 rings (SSSR count). The summed E-state index contributed by atoms with van der Waals surface area (Å²) in [5.74, 6) is 1.14. The van der Waals surface area contributed by atoms with E-state index in [1.807, 2.05) is 41.9 Å². The van der Waals surface area contributed by atoms with Gasteiger partial charge in [0.25, 0.3) is 10.0 Å². The number of sulfonamides is 1. The molecule has 0 amide bonds. The number of fused-ring (bicyclic) bond motifs is 1. The smallest absolute Gasteiger partial charge is 0.262 e. The van der Waals surface area contributed by atoms with Gasteiger partial charge in [-0.25, -0.2) is 13.4 Å². The van der Waals surface area contributed by atoms with E-state index in [0.29, 0.717) is 28.6 Å². The van der Waals surface area contributed by atoms with Crippen LogP contribution in [-0.2, 0) is 10.0 Å². The minimum absolute atomic E-state index is 0.0332. The molecule has 166 valence electrons. The summed E-state index contributed by atoms with van der Waals surface area (Å²) in [7, 11) is 0.495. The van der Waals surface area contributed by atoms with E-state index in [1.165, 1.54) is 33.5 Å². The Bertz CT molecular complexity index is 1400. The van der Waals surface area contributed by atoms with Gasteiger partial charge in [-0.1, -0.05) is 0 Å². The summed E-state index contributed by atoms with van der Waals surface area (Å²) in [6.45, 7) is 2.00. The second kappa shape index (κ2) is 8.43. The zero-order valence-electron chi connectivity index (χ0n) is 18.1. The molecule has 0 radical (unpaired) electrons. The van der Waals surface area contributed by atoms with Crippen LogP contribution in [0.3, 0.4) is 0 Å².